The van der Waals surface area contributed by atoms with Crippen LogP contribution < -0.4 is 5.73 Å². The van der Waals surface area contributed by atoms with E-state index in [9.17, 15) is 4.79 Å². The lowest BCUT2D eigenvalue weighted by atomic mass is 10.2. The van der Waals surface area contributed by atoms with E-state index < -0.39 is 0 Å². The molecule has 2 N–H and O–H groups in total. The van der Waals surface area contributed by atoms with Gasteiger partial charge in [0.1, 0.15) is 0 Å². The Bertz CT molecular complexity index is 582. The smallest absolute Gasteiger partial charge is 0.232 e. The van der Waals surface area contributed by atoms with Crippen molar-refractivity contribution in [1.29, 1.82) is 0 Å². The molecule has 0 aliphatic rings. The van der Waals surface area contributed by atoms with Crippen LogP contribution in [0.5, 0.6) is 0 Å². The Kier molecular flexibility index (Phi) is 5.09. The summed E-state index contributed by atoms with van der Waals surface area (Å²) < 4.78 is 0. The third kappa shape index (κ3) is 4.02. The second kappa shape index (κ2) is 6.81. The van der Waals surface area contributed by atoms with Crippen molar-refractivity contribution < 1.29 is 4.79 Å². The summed E-state index contributed by atoms with van der Waals surface area (Å²) in [5.41, 5.74) is 8.99. The van der Waals surface area contributed by atoms with Crippen molar-refractivity contribution in [2.45, 2.75) is 18.4 Å². The monoisotopic (exact) mass is 306 g/mol. The van der Waals surface area contributed by atoms with Gasteiger partial charge in [-0.3, -0.25) is 4.79 Å². The van der Waals surface area contributed by atoms with Crippen molar-refractivity contribution in [3.8, 4) is 0 Å². The van der Waals surface area contributed by atoms with Gasteiger partial charge < -0.3 is 10.6 Å². The predicted octanol–water partition coefficient (Wildman–Crippen LogP) is 3.39. The highest BCUT2D eigenvalue weighted by Crippen LogP contribution is 2.26. The minimum atomic E-state index is 0.112. The fourth-order valence-corrected chi connectivity index (χ4v) is 3.34. The van der Waals surface area contributed by atoms with Crippen LogP contribution in [-0.2, 0) is 11.3 Å². The highest BCUT2D eigenvalue weighted by atomic mass is 32.2. The fourth-order valence-electron chi connectivity index (χ4n) is 1.79. The summed E-state index contributed by atoms with van der Waals surface area (Å²) in [4.78, 5) is 14.8. The van der Waals surface area contributed by atoms with Gasteiger partial charge in [-0.05, 0) is 47.0 Å². The van der Waals surface area contributed by atoms with E-state index in [1.165, 1.54) is 17.3 Å². The lowest BCUT2D eigenvalue weighted by Crippen LogP contribution is -2.27. The van der Waals surface area contributed by atoms with Gasteiger partial charge in [-0.1, -0.05) is 6.07 Å². The first-order valence-electron chi connectivity index (χ1n) is 6.30. The molecule has 5 heteroatoms. The first kappa shape index (κ1) is 14.9. The number of rotatable bonds is 5. The molecule has 0 saturated heterocycles. The molecule has 1 heterocycles. The molecule has 2 aromatic rings. The van der Waals surface area contributed by atoms with Crippen molar-refractivity contribution in [2.75, 3.05) is 18.5 Å². The molecule has 0 fully saturated rings. The first-order valence-corrected chi connectivity index (χ1v) is 8.23. The molecule has 0 spiro atoms. The summed E-state index contributed by atoms with van der Waals surface area (Å²) in [6.07, 6.45) is 0. The first-order chi connectivity index (χ1) is 9.56. The molecule has 0 aliphatic carbocycles. The van der Waals surface area contributed by atoms with Crippen molar-refractivity contribution in [2.24, 2.45) is 0 Å². The highest BCUT2D eigenvalue weighted by molar-refractivity contribution is 8.00. The molecule has 0 unspecified atom stereocenters. The van der Waals surface area contributed by atoms with Crippen LogP contribution in [0.3, 0.4) is 0 Å². The summed E-state index contributed by atoms with van der Waals surface area (Å²) in [6.45, 7) is 2.66. The number of aryl methyl sites for hydroxylation is 1. The zero-order chi connectivity index (χ0) is 14.5. The predicted molar refractivity (Wildman–Crippen MR) is 87.1 cm³/mol. The van der Waals surface area contributed by atoms with E-state index in [1.54, 1.807) is 16.2 Å². The van der Waals surface area contributed by atoms with Gasteiger partial charge in [-0.15, -0.1) is 11.8 Å². The zero-order valence-corrected chi connectivity index (χ0v) is 13.3. The van der Waals surface area contributed by atoms with Crippen LogP contribution >= 0.6 is 23.1 Å². The number of hydrogen-bond acceptors (Lipinski definition) is 4. The summed E-state index contributed by atoms with van der Waals surface area (Å²) in [5, 5.41) is 4.09. The lowest BCUT2D eigenvalue weighted by molar-refractivity contribution is -0.127. The number of carbonyl (C=O) groups is 1. The number of thioether (sulfide) groups is 1. The number of nitrogens with zero attached hydrogens (tertiary/aromatic N) is 1. The van der Waals surface area contributed by atoms with Crippen molar-refractivity contribution >= 4 is 34.7 Å². The largest absolute Gasteiger partial charge is 0.398 e. The van der Waals surface area contributed by atoms with Crippen LogP contribution in [0.1, 0.15) is 11.1 Å². The number of carbonyl (C=O) groups excluding carboxylic acids is 1. The second-order valence-electron chi connectivity index (χ2n) is 4.71. The van der Waals surface area contributed by atoms with Gasteiger partial charge in [-0.2, -0.15) is 11.3 Å². The van der Waals surface area contributed by atoms with E-state index in [0.717, 1.165) is 16.1 Å². The van der Waals surface area contributed by atoms with Crippen molar-refractivity contribution in [3.05, 3.63) is 46.2 Å². The van der Waals surface area contributed by atoms with Crippen LogP contribution in [-0.4, -0.2) is 23.6 Å². The normalized spacial score (nSPS) is 10.5. The SMILES string of the molecule is Cc1ccc(SCC(=O)N(C)Cc2ccsc2)c(N)c1. The number of benzene rings is 1. The molecule has 1 aromatic carbocycles. The number of thiophene rings is 1. The van der Waals surface area contributed by atoms with Crippen LogP contribution in [0.25, 0.3) is 0 Å². The number of nitrogen functional groups attached to an aromatic ring is 1. The molecule has 0 radical (unpaired) electrons. The Labute approximate surface area is 127 Å². The molecular formula is C15H18N2OS2. The maximum absolute atomic E-state index is 12.1. The van der Waals surface area contributed by atoms with E-state index in [1.807, 2.05) is 43.6 Å². The maximum atomic E-state index is 12.1. The quantitative estimate of drug-likeness (QED) is 0.680. The van der Waals surface area contributed by atoms with Crippen molar-refractivity contribution in [3.63, 3.8) is 0 Å². The third-order valence-electron chi connectivity index (χ3n) is 2.94. The van der Waals surface area contributed by atoms with E-state index in [0.29, 0.717) is 12.3 Å². The van der Waals surface area contributed by atoms with Gasteiger partial charge in [0.2, 0.25) is 5.91 Å². The number of nitrogens with two attached hydrogens (primary N) is 1. The molecule has 0 atom stereocenters. The van der Waals surface area contributed by atoms with E-state index in [2.05, 4.69) is 5.38 Å². The summed E-state index contributed by atoms with van der Waals surface area (Å²) in [6, 6.07) is 7.96. The lowest BCUT2D eigenvalue weighted by Gasteiger charge is -2.16. The van der Waals surface area contributed by atoms with Gasteiger partial charge in [0, 0.05) is 24.2 Å². The Hall–Kier alpha value is -1.46. The summed E-state index contributed by atoms with van der Waals surface area (Å²) in [7, 11) is 1.83. The van der Waals surface area contributed by atoms with E-state index >= 15 is 0 Å². The third-order valence-corrected chi connectivity index (χ3v) is 4.75. The zero-order valence-electron chi connectivity index (χ0n) is 11.6. The topological polar surface area (TPSA) is 46.3 Å². The minimum absolute atomic E-state index is 0.112. The van der Waals surface area contributed by atoms with Crippen LogP contribution in [0.15, 0.2) is 39.9 Å². The molecule has 3 nitrogen and oxygen atoms in total. The molecule has 2 rings (SSSR count). The molecule has 0 saturated carbocycles. The Morgan fingerprint density at radius 2 is 2.20 bits per heavy atom. The summed E-state index contributed by atoms with van der Waals surface area (Å²) in [5.74, 6) is 0.523. The summed E-state index contributed by atoms with van der Waals surface area (Å²) >= 11 is 3.14. The second-order valence-corrected chi connectivity index (χ2v) is 6.51. The van der Waals surface area contributed by atoms with Crippen LogP contribution in [0, 0.1) is 6.92 Å². The van der Waals surface area contributed by atoms with Crippen LogP contribution in [0.4, 0.5) is 5.69 Å². The average molecular weight is 306 g/mol. The van der Waals surface area contributed by atoms with E-state index in [4.69, 9.17) is 5.73 Å². The minimum Gasteiger partial charge on any atom is -0.398 e. The van der Waals surface area contributed by atoms with Gasteiger partial charge >= 0.3 is 0 Å². The van der Waals surface area contributed by atoms with Gasteiger partial charge in [-0.25, -0.2) is 0 Å². The number of hydrogen-bond donors (Lipinski definition) is 1. The molecule has 0 aliphatic heterocycles. The van der Waals surface area contributed by atoms with Crippen molar-refractivity contribution in [1.82, 2.24) is 4.90 Å². The standard InChI is InChI=1S/C15H18N2OS2/c1-11-3-4-14(13(16)7-11)20-10-15(18)17(2)8-12-5-6-19-9-12/h3-7,9H,8,10,16H2,1-2H3. The molecule has 1 aromatic heterocycles. The van der Waals surface area contributed by atoms with E-state index in [-0.39, 0.29) is 5.91 Å². The average Bonchev–Trinajstić information content (AvgIpc) is 2.90. The van der Waals surface area contributed by atoms with Gasteiger partial charge in [0.25, 0.3) is 0 Å². The maximum Gasteiger partial charge on any atom is 0.232 e. The molecule has 0 bridgehead atoms. The molecular weight excluding hydrogens is 288 g/mol. The van der Waals surface area contributed by atoms with Gasteiger partial charge in [0.15, 0.2) is 0 Å². The Morgan fingerprint density at radius 1 is 1.40 bits per heavy atom. The van der Waals surface area contributed by atoms with Crippen LogP contribution in [0.2, 0.25) is 0 Å². The Balaban J connectivity index is 1.88. The fraction of sp³-hybridized carbons (Fsp3) is 0.267. The highest BCUT2D eigenvalue weighted by Gasteiger charge is 2.11. The molecule has 20 heavy (non-hydrogen) atoms. The number of anilines is 1. The number of amides is 1. The Morgan fingerprint density at radius 3 is 2.85 bits per heavy atom. The van der Waals surface area contributed by atoms with Gasteiger partial charge in [0.05, 0.1) is 5.75 Å². The molecule has 106 valence electrons. The molecule has 1 amide bonds.